The van der Waals surface area contributed by atoms with Gasteiger partial charge in [0.05, 0.1) is 6.04 Å². The summed E-state index contributed by atoms with van der Waals surface area (Å²) in [6.07, 6.45) is 3.88. The lowest BCUT2D eigenvalue weighted by Gasteiger charge is -2.22. The summed E-state index contributed by atoms with van der Waals surface area (Å²) in [4.78, 5) is 12.1. The molecule has 2 rings (SSSR count). The second-order valence-electron chi connectivity index (χ2n) is 5.69. The van der Waals surface area contributed by atoms with Gasteiger partial charge < -0.3 is 10.6 Å². The minimum Gasteiger partial charge on any atom is -0.350 e. The molecule has 1 aliphatic rings. The van der Waals surface area contributed by atoms with Crippen molar-refractivity contribution in [2.45, 2.75) is 38.6 Å². The summed E-state index contributed by atoms with van der Waals surface area (Å²) in [5.74, 6) is 0.749. The molecule has 116 valence electrons. The quantitative estimate of drug-likeness (QED) is 0.859. The molecule has 1 aliphatic heterocycles. The lowest BCUT2D eigenvalue weighted by Crippen LogP contribution is -2.30. The number of halogens is 2. The SMILES string of the molecule is CC(NC(=O)CCC1CCNCC1)c1cc(Cl)ccc1Cl. The van der Waals surface area contributed by atoms with E-state index in [0.29, 0.717) is 22.4 Å². The summed E-state index contributed by atoms with van der Waals surface area (Å²) in [5.41, 5.74) is 0.861. The Hall–Kier alpha value is -0.770. The normalized spacial score (nSPS) is 17.5. The summed E-state index contributed by atoms with van der Waals surface area (Å²) >= 11 is 12.1. The third-order valence-corrected chi connectivity index (χ3v) is 4.62. The maximum atomic E-state index is 12.1. The Kier molecular flexibility index (Phi) is 6.34. The standard InChI is InChI=1S/C16H22Cl2N2O/c1-11(14-10-13(17)3-4-15(14)18)20-16(21)5-2-12-6-8-19-9-7-12/h3-4,10-12,19H,2,5-9H2,1H3,(H,20,21). The summed E-state index contributed by atoms with van der Waals surface area (Å²) in [6, 6.07) is 5.19. The van der Waals surface area contributed by atoms with Crippen LogP contribution in [-0.2, 0) is 4.79 Å². The molecule has 2 N–H and O–H groups in total. The molecule has 0 saturated carbocycles. The van der Waals surface area contributed by atoms with E-state index >= 15 is 0 Å². The number of carbonyl (C=O) groups is 1. The van der Waals surface area contributed by atoms with Gasteiger partial charge in [0.1, 0.15) is 0 Å². The summed E-state index contributed by atoms with van der Waals surface area (Å²) in [6.45, 7) is 4.07. The lowest BCUT2D eigenvalue weighted by atomic mass is 9.93. The molecule has 21 heavy (non-hydrogen) atoms. The van der Waals surface area contributed by atoms with Crippen LogP contribution in [0.15, 0.2) is 18.2 Å². The van der Waals surface area contributed by atoms with E-state index in [1.54, 1.807) is 12.1 Å². The van der Waals surface area contributed by atoms with Crippen molar-refractivity contribution < 1.29 is 4.79 Å². The lowest BCUT2D eigenvalue weighted by molar-refractivity contribution is -0.122. The largest absolute Gasteiger partial charge is 0.350 e. The van der Waals surface area contributed by atoms with Gasteiger partial charge in [-0.3, -0.25) is 4.79 Å². The van der Waals surface area contributed by atoms with Crippen molar-refractivity contribution in [3.8, 4) is 0 Å². The molecular weight excluding hydrogens is 307 g/mol. The Bertz CT molecular complexity index is 487. The predicted molar refractivity (Wildman–Crippen MR) is 87.8 cm³/mol. The molecule has 1 amide bonds. The topological polar surface area (TPSA) is 41.1 Å². The molecule has 5 heteroatoms. The molecule has 1 aromatic carbocycles. The third kappa shape index (κ3) is 5.17. The van der Waals surface area contributed by atoms with Crippen molar-refractivity contribution in [1.29, 1.82) is 0 Å². The molecule has 0 bridgehead atoms. The Morgan fingerprint density at radius 3 is 2.81 bits per heavy atom. The molecule has 0 aliphatic carbocycles. The molecule has 0 spiro atoms. The van der Waals surface area contributed by atoms with E-state index in [-0.39, 0.29) is 11.9 Å². The van der Waals surface area contributed by atoms with Gasteiger partial charge in [0.2, 0.25) is 5.91 Å². The monoisotopic (exact) mass is 328 g/mol. The minimum absolute atomic E-state index is 0.0806. The van der Waals surface area contributed by atoms with E-state index in [9.17, 15) is 4.79 Å². The van der Waals surface area contributed by atoms with Crippen molar-refractivity contribution in [1.82, 2.24) is 10.6 Å². The average molecular weight is 329 g/mol. The zero-order valence-corrected chi connectivity index (χ0v) is 13.8. The Morgan fingerprint density at radius 1 is 1.38 bits per heavy atom. The van der Waals surface area contributed by atoms with E-state index in [0.717, 1.165) is 25.1 Å². The molecule has 3 nitrogen and oxygen atoms in total. The minimum atomic E-state index is -0.128. The second-order valence-corrected chi connectivity index (χ2v) is 6.53. The number of rotatable bonds is 5. The van der Waals surface area contributed by atoms with Crippen molar-refractivity contribution >= 4 is 29.1 Å². The van der Waals surface area contributed by atoms with Crippen LogP contribution in [-0.4, -0.2) is 19.0 Å². The van der Waals surface area contributed by atoms with E-state index in [2.05, 4.69) is 10.6 Å². The fourth-order valence-electron chi connectivity index (χ4n) is 2.74. The molecule has 1 saturated heterocycles. The van der Waals surface area contributed by atoms with Crippen LogP contribution in [0.1, 0.15) is 44.2 Å². The number of benzene rings is 1. The first kappa shape index (κ1) is 16.6. The molecule has 1 aromatic rings. The van der Waals surface area contributed by atoms with Gasteiger partial charge in [0.15, 0.2) is 0 Å². The molecule has 1 fully saturated rings. The van der Waals surface area contributed by atoms with Crippen LogP contribution >= 0.6 is 23.2 Å². The Labute approximate surface area is 136 Å². The van der Waals surface area contributed by atoms with Crippen LogP contribution in [0.2, 0.25) is 10.0 Å². The van der Waals surface area contributed by atoms with Crippen LogP contribution in [0.5, 0.6) is 0 Å². The highest BCUT2D eigenvalue weighted by Crippen LogP contribution is 2.26. The van der Waals surface area contributed by atoms with Crippen molar-refractivity contribution in [3.05, 3.63) is 33.8 Å². The van der Waals surface area contributed by atoms with Crippen LogP contribution in [0, 0.1) is 5.92 Å². The zero-order valence-electron chi connectivity index (χ0n) is 12.3. The van der Waals surface area contributed by atoms with Crippen molar-refractivity contribution in [2.24, 2.45) is 5.92 Å². The molecule has 0 aromatic heterocycles. The highest BCUT2D eigenvalue weighted by molar-refractivity contribution is 6.33. The first-order valence-corrected chi connectivity index (χ1v) is 8.27. The molecular formula is C16H22Cl2N2O. The van der Waals surface area contributed by atoms with Crippen molar-refractivity contribution in [2.75, 3.05) is 13.1 Å². The van der Waals surface area contributed by atoms with Gasteiger partial charge in [-0.15, -0.1) is 0 Å². The first-order valence-electron chi connectivity index (χ1n) is 7.51. The number of hydrogen-bond acceptors (Lipinski definition) is 2. The first-order chi connectivity index (χ1) is 10.1. The van der Waals surface area contributed by atoms with Gasteiger partial charge in [-0.2, -0.15) is 0 Å². The van der Waals surface area contributed by atoms with Gasteiger partial charge in [0.25, 0.3) is 0 Å². The van der Waals surface area contributed by atoms with Gasteiger partial charge >= 0.3 is 0 Å². The Morgan fingerprint density at radius 2 is 2.10 bits per heavy atom. The third-order valence-electron chi connectivity index (χ3n) is 4.04. The number of carbonyl (C=O) groups excluding carboxylic acids is 1. The predicted octanol–water partition coefficient (Wildman–Crippen LogP) is 3.95. The summed E-state index contributed by atoms with van der Waals surface area (Å²) in [5, 5.41) is 7.61. The average Bonchev–Trinajstić information content (AvgIpc) is 2.48. The van der Waals surface area contributed by atoms with Gasteiger partial charge in [-0.1, -0.05) is 23.2 Å². The molecule has 0 radical (unpaired) electrons. The second kappa shape index (κ2) is 8.02. The van der Waals surface area contributed by atoms with Crippen LogP contribution in [0.25, 0.3) is 0 Å². The highest BCUT2D eigenvalue weighted by Gasteiger charge is 2.17. The number of piperidine rings is 1. The summed E-state index contributed by atoms with van der Waals surface area (Å²) < 4.78 is 0. The van der Waals surface area contributed by atoms with E-state index in [4.69, 9.17) is 23.2 Å². The maximum absolute atomic E-state index is 12.1. The van der Waals surface area contributed by atoms with E-state index < -0.39 is 0 Å². The number of hydrogen-bond donors (Lipinski definition) is 2. The molecule has 1 heterocycles. The van der Waals surface area contributed by atoms with Gasteiger partial charge in [-0.25, -0.2) is 0 Å². The van der Waals surface area contributed by atoms with Crippen LogP contribution < -0.4 is 10.6 Å². The molecule has 1 unspecified atom stereocenters. The van der Waals surface area contributed by atoms with E-state index in [1.165, 1.54) is 12.8 Å². The van der Waals surface area contributed by atoms with Gasteiger partial charge in [0, 0.05) is 16.5 Å². The fraction of sp³-hybridized carbons (Fsp3) is 0.562. The fourth-order valence-corrected chi connectivity index (χ4v) is 3.21. The van der Waals surface area contributed by atoms with E-state index in [1.807, 2.05) is 13.0 Å². The number of nitrogens with one attached hydrogen (secondary N) is 2. The van der Waals surface area contributed by atoms with Gasteiger partial charge in [-0.05, 0) is 69.0 Å². The highest BCUT2D eigenvalue weighted by atomic mass is 35.5. The maximum Gasteiger partial charge on any atom is 0.220 e. The summed E-state index contributed by atoms with van der Waals surface area (Å²) in [7, 11) is 0. The number of amides is 1. The zero-order chi connectivity index (χ0) is 15.2. The smallest absolute Gasteiger partial charge is 0.220 e. The van der Waals surface area contributed by atoms with Crippen LogP contribution in [0.3, 0.4) is 0 Å². The van der Waals surface area contributed by atoms with Crippen LogP contribution in [0.4, 0.5) is 0 Å². The Balaban J connectivity index is 1.82. The van der Waals surface area contributed by atoms with Crippen molar-refractivity contribution in [3.63, 3.8) is 0 Å². The molecule has 1 atom stereocenters.